The van der Waals surface area contributed by atoms with Gasteiger partial charge in [-0.15, -0.1) is 0 Å². The van der Waals surface area contributed by atoms with Gasteiger partial charge in [-0.05, 0) is 50.7 Å². The molecular formula is C20H27N3O5S. The van der Waals surface area contributed by atoms with Crippen molar-refractivity contribution in [1.29, 1.82) is 0 Å². The number of aryl methyl sites for hydroxylation is 1. The van der Waals surface area contributed by atoms with Crippen LogP contribution in [0.3, 0.4) is 0 Å². The van der Waals surface area contributed by atoms with Crippen LogP contribution in [0.15, 0.2) is 45.9 Å². The molecule has 1 saturated heterocycles. The number of rotatable bonds is 7. The first-order valence-electron chi connectivity index (χ1n) is 9.51. The van der Waals surface area contributed by atoms with Crippen LogP contribution in [0.4, 0.5) is 5.69 Å². The topological polar surface area (TPSA) is 92.1 Å². The van der Waals surface area contributed by atoms with Gasteiger partial charge in [-0.25, -0.2) is 8.42 Å². The molecule has 2 aromatic rings. The van der Waals surface area contributed by atoms with Crippen molar-refractivity contribution in [3.8, 4) is 0 Å². The molecule has 9 heteroatoms. The Bertz CT molecular complexity index is 937. The zero-order valence-electron chi connectivity index (χ0n) is 16.9. The van der Waals surface area contributed by atoms with Crippen LogP contribution in [0, 0.1) is 6.92 Å². The van der Waals surface area contributed by atoms with Crippen molar-refractivity contribution in [1.82, 2.24) is 9.21 Å². The summed E-state index contributed by atoms with van der Waals surface area (Å²) in [5, 5.41) is 2.83. The first-order valence-corrected chi connectivity index (χ1v) is 10.9. The van der Waals surface area contributed by atoms with E-state index in [2.05, 4.69) is 5.32 Å². The van der Waals surface area contributed by atoms with E-state index in [0.29, 0.717) is 44.1 Å². The molecular weight excluding hydrogens is 394 g/mol. The third-order valence-electron chi connectivity index (χ3n) is 5.07. The second-order valence-corrected chi connectivity index (χ2v) is 9.06. The highest BCUT2D eigenvalue weighted by Crippen LogP contribution is 2.24. The second kappa shape index (κ2) is 9.08. The fraction of sp³-hybridized carbons (Fsp3) is 0.450. The molecule has 1 aromatic heterocycles. The van der Waals surface area contributed by atoms with Gasteiger partial charge in [-0.1, -0.05) is 6.07 Å². The van der Waals surface area contributed by atoms with Crippen LogP contribution in [-0.4, -0.2) is 62.9 Å². The second-order valence-electron chi connectivity index (χ2n) is 7.16. The van der Waals surface area contributed by atoms with Crippen LogP contribution in [0.1, 0.15) is 18.2 Å². The highest BCUT2D eigenvalue weighted by Gasteiger charge is 2.28. The molecule has 0 spiro atoms. The minimum absolute atomic E-state index is 0.203. The fourth-order valence-corrected chi connectivity index (χ4v) is 4.77. The van der Waals surface area contributed by atoms with Gasteiger partial charge in [-0.3, -0.25) is 9.69 Å². The van der Waals surface area contributed by atoms with Gasteiger partial charge in [0.1, 0.15) is 5.76 Å². The summed E-state index contributed by atoms with van der Waals surface area (Å²) in [5.74, 6) is 0.541. The number of anilines is 1. The number of carbonyl (C=O) groups excluding carboxylic acids is 1. The number of amides is 1. The zero-order chi connectivity index (χ0) is 21.0. The maximum absolute atomic E-state index is 13.0. The van der Waals surface area contributed by atoms with Crippen molar-refractivity contribution >= 4 is 21.6 Å². The summed E-state index contributed by atoms with van der Waals surface area (Å²) in [6.07, 6.45) is 1.59. The lowest BCUT2D eigenvalue weighted by atomic mass is 10.2. The third kappa shape index (κ3) is 5.05. The number of hydrogen-bond donors (Lipinski definition) is 1. The Morgan fingerprint density at radius 3 is 2.66 bits per heavy atom. The average Bonchev–Trinajstić information content (AvgIpc) is 3.22. The minimum Gasteiger partial charge on any atom is -0.468 e. The molecule has 2 heterocycles. The standard InChI is InChI=1S/C20H27N3O5S/c1-15-6-7-17(13-19(15)29(25,26)23-8-11-27-12-9-23)21-20(24)16(2)22(3)14-18-5-4-10-28-18/h4-7,10,13,16H,8-9,11-12,14H2,1-3H3,(H,21,24). The van der Waals surface area contributed by atoms with E-state index in [0.717, 1.165) is 5.76 Å². The van der Waals surface area contributed by atoms with Crippen LogP contribution in [-0.2, 0) is 26.1 Å². The Labute approximate surface area is 171 Å². The molecule has 0 aliphatic carbocycles. The largest absolute Gasteiger partial charge is 0.468 e. The van der Waals surface area contributed by atoms with E-state index in [4.69, 9.17) is 9.15 Å². The summed E-state index contributed by atoms with van der Waals surface area (Å²) >= 11 is 0. The smallest absolute Gasteiger partial charge is 0.243 e. The van der Waals surface area contributed by atoms with Crippen LogP contribution in [0.25, 0.3) is 0 Å². The van der Waals surface area contributed by atoms with Crippen LogP contribution in [0.5, 0.6) is 0 Å². The molecule has 0 bridgehead atoms. The van der Waals surface area contributed by atoms with Gasteiger partial charge in [0.05, 0.1) is 37.0 Å². The molecule has 1 amide bonds. The number of carbonyl (C=O) groups is 1. The van der Waals surface area contributed by atoms with Gasteiger partial charge >= 0.3 is 0 Å². The van der Waals surface area contributed by atoms with Crippen LogP contribution >= 0.6 is 0 Å². The lowest BCUT2D eigenvalue weighted by Gasteiger charge is -2.27. The summed E-state index contributed by atoms with van der Waals surface area (Å²) in [5.41, 5.74) is 1.09. The van der Waals surface area contributed by atoms with Crippen molar-refractivity contribution < 1.29 is 22.4 Å². The molecule has 1 unspecified atom stereocenters. The Balaban J connectivity index is 1.72. The molecule has 29 heavy (non-hydrogen) atoms. The molecule has 1 aliphatic rings. The predicted octanol–water partition coefficient (Wildman–Crippen LogP) is 2.07. The number of likely N-dealkylation sites (N-methyl/N-ethyl adjacent to an activating group) is 1. The first kappa shape index (κ1) is 21.5. The minimum atomic E-state index is -3.64. The molecule has 158 valence electrons. The molecule has 1 N–H and O–H groups in total. The molecule has 0 radical (unpaired) electrons. The number of morpholine rings is 1. The molecule has 1 aliphatic heterocycles. The van der Waals surface area contributed by atoms with Crippen molar-refractivity contribution in [2.45, 2.75) is 31.3 Å². The molecule has 1 fully saturated rings. The molecule has 0 saturated carbocycles. The highest BCUT2D eigenvalue weighted by molar-refractivity contribution is 7.89. The van der Waals surface area contributed by atoms with Gasteiger partial charge in [0.15, 0.2) is 0 Å². The molecule has 3 rings (SSSR count). The van der Waals surface area contributed by atoms with E-state index in [1.54, 1.807) is 38.3 Å². The highest BCUT2D eigenvalue weighted by atomic mass is 32.2. The number of benzene rings is 1. The van der Waals surface area contributed by atoms with Crippen LogP contribution in [0.2, 0.25) is 0 Å². The van der Waals surface area contributed by atoms with Crippen LogP contribution < -0.4 is 5.32 Å². The van der Waals surface area contributed by atoms with Gasteiger partial charge in [0, 0.05) is 18.8 Å². The van der Waals surface area contributed by atoms with E-state index in [-0.39, 0.29) is 10.8 Å². The number of ether oxygens (including phenoxy) is 1. The zero-order valence-corrected chi connectivity index (χ0v) is 17.7. The number of nitrogens with one attached hydrogen (secondary N) is 1. The number of nitrogens with zero attached hydrogens (tertiary/aromatic N) is 2. The summed E-state index contributed by atoms with van der Waals surface area (Å²) in [4.78, 5) is 14.7. The molecule has 1 aromatic carbocycles. The van der Waals surface area contributed by atoms with Gasteiger partial charge in [-0.2, -0.15) is 4.31 Å². The average molecular weight is 422 g/mol. The monoisotopic (exact) mass is 421 g/mol. The Morgan fingerprint density at radius 1 is 1.28 bits per heavy atom. The van der Waals surface area contributed by atoms with E-state index in [1.807, 2.05) is 18.0 Å². The SMILES string of the molecule is Cc1ccc(NC(=O)C(C)N(C)Cc2ccco2)cc1S(=O)(=O)N1CCOCC1. The Morgan fingerprint density at radius 2 is 2.00 bits per heavy atom. The summed E-state index contributed by atoms with van der Waals surface area (Å²) in [6, 6.07) is 8.17. The Kier molecular flexibility index (Phi) is 6.74. The van der Waals surface area contributed by atoms with Crippen molar-refractivity contribution in [3.05, 3.63) is 47.9 Å². The summed E-state index contributed by atoms with van der Waals surface area (Å²) < 4.78 is 38.0. The normalized spacial score (nSPS) is 16.7. The number of hydrogen-bond acceptors (Lipinski definition) is 6. The molecule has 8 nitrogen and oxygen atoms in total. The van der Waals surface area contributed by atoms with Crippen molar-refractivity contribution in [2.24, 2.45) is 0 Å². The predicted molar refractivity (Wildman–Crippen MR) is 109 cm³/mol. The van der Waals surface area contributed by atoms with E-state index >= 15 is 0 Å². The lowest BCUT2D eigenvalue weighted by molar-refractivity contribution is -0.120. The summed E-state index contributed by atoms with van der Waals surface area (Å²) in [7, 11) is -1.81. The van der Waals surface area contributed by atoms with Gasteiger partial charge in [0.25, 0.3) is 0 Å². The van der Waals surface area contributed by atoms with E-state index in [1.165, 1.54) is 10.4 Å². The quantitative estimate of drug-likeness (QED) is 0.736. The summed E-state index contributed by atoms with van der Waals surface area (Å²) in [6.45, 7) is 5.45. The Hall–Kier alpha value is -2.20. The first-order chi connectivity index (χ1) is 13.8. The van der Waals surface area contributed by atoms with E-state index < -0.39 is 16.1 Å². The third-order valence-corrected chi connectivity index (χ3v) is 7.11. The fourth-order valence-electron chi connectivity index (χ4n) is 3.11. The lowest BCUT2D eigenvalue weighted by Crippen LogP contribution is -2.41. The van der Waals surface area contributed by atoms with Gasteiger partial charge in [0.2, 0.25) is 15.9 Å². The maximum Gasteiger partial charge on any atom is 0.243 e. The van der Waals surface area contributed by atoms with Crippen molar-refractivity contribution in [2.75, 3.05) is 38.7 Å². The maximum atomic E-state index is 13.0. The van der Waals surface area contributed by atoms with E-state index in [9.17, 15) is 13.2 Å². The number of furan rings is 1. The molecule has 1 atom stereocenters. The number of sulfonamides is 1. The van der Waals surface area contributed by atoms with Gasteiger partial charge < -0.3 is 14.5 Å². The van der Waals surface area contributed by atoms with Crippen molar-refractivity contribution in [3.63, 3.8) is 0 Å².